The van der Waals surface area contributed by atoms with Crippen LogP contribution in [0.25, 0.3) is 0 Å². The molecule has 0 amide bonds. The van der Waals surface area contributed by atoms with Gasteiger partial charge in [-0.15, -0.1) is 0 Å². The summed E-state index contributed by atoms with van der Waals surface area (Å²) in [6, 6.07) is 33.8. The molecule has 36 heavy (non-hydrogen) atoms. The zero-order chi connectivity index (χ0) is 25.7. The molecule has 0 bridgehead atoms. The maximum Gasteiger partial charge on any atom is 0.0847 e. The second kappa shape index (κ2) is 12.3. The summed E-state index contributed by atoms with van der Waals surface area (Å²) in [6.07, 6.45) is -0.546. The Balaban J connectivity index is 1.65. The maximum atomic E-state index is 11.5. The number of aryl methyl sites for hydroxylation is 4. The van der Waals surface area contributed by atoms with Crippen LogP contribution in [0.15, 0.2) is 97.1 Å². The molecule has 0 aromatic heterocycles. The summed E-state index contributed by atoms with van der Waals surface area (Å²) in [7, 11) is -1.63. The molecule has 0 aliphatic rings. The van der Waals surface area contributed by atoms with Gasteiger partial charge in [0, 0.05) is 12.3 Å². The summed E-state index contributed by atoms with van der Waals surface area (Å²) < 4.78 is 0. The molecule has 0 aliphatic carbocycles. The second-order valence-corrected chi connectivity index (χ2v) is 13.9. The lowest BCUT2D eigenvalue weighted by atomic mass is 10.2. The third-order valence-corrected chi connectivity index (χ3v) is 12.6. The molecule has 2 unspecified atom stereocenters. The Morgan fingerprint density at radius 2 is 0.667 bits per heavy atom. The zero-order valence-electron chi connectivity index (χ0n) is 21.6. The fourth-order valence-electron chi connectivity index (χ4n) is 4.74. The second-order valence-electron chi connectivity index (χ2n) is 9.50. The predicted molar refractivity (Wildman–Crippen MR) is 159 cm³/mol. The van der Waals surface area contributed by atoms with Crippen molar-refractivity contribution in [3.05, 3.63) is 119 Å². The minimum atomic E-state index is -0.813. The van der Waals surface area contributed by atoms with E-state index in [9.17, 15) is 10.2 Å². The van der Waals surface area contributed by atoms with Crippen molar-refractivity contribution >= 4 is 37.1 Å². The molecule has 0 radical (unpaired) electrons. The quantitative estimate of drug-likeness (QED) is 0.301. The van der Waals surface area contributed by atoms with Gasteiger partial charge in [-0.25, -0.2) is 0 Å². The van der Waals surface area contributed by atoms with Crippen LogP contribution in [-0.2, 0) is 0 Å². The van der Waals surface area contributed by atoms with Crippen LogP contribution in [0.3, 0.4) is 0 Å². The third kappa shape index (κ3) is 6.13. The predicted octanol–water partition coefficient (Wildman–Crippen LogP) is 5.21. The van der Waals surface area contributed by atoms with Gasteiger partial charge in [0.1, 0.15) is 0 Å². The average molecular weight is 515 g/mol. The van der Waals surface area contributed by atoms with Gasteiger partial charge in [-0.2, -0.15) is 0 Å². The van der Waals surface area contributed by atoms with Crippen molar-refractivity contribution in [2.24, 2.45) is 0 Å². The number of hydrogen-bond acceptors (Lipinski definition) is 2. The Labute approximate surface area is 218 Å². The Morgan fingerprint density at radius 3 is 0.889 bits per heavy atom. The van der Waals surface area contributed by atoms with E-state index in [0.29, 0.717) is 12.3 Å². The summed E-state index contributed by atoms with van der Waals surface area (Å²) in [6.45, 7) is 8.56. The van der Waals surface area contributed by atoms with Crippen LogP contribution in [0, 0.1) is 27.7 Å². The Bertz CT molecular complexity index is 1110. The van der Waals surface area contributed by atoms with Gasteiger partial charge in [0.05, 0.1) is 12.2 Å². The van der Waals surface area contributed by atoms with Gasteiger partial charge in [-0.1, -0.05) is 97.1 Å². The van der Waals surface area contributed by atoms with Crippen LogP contribution < -0.4 is 21.2 Å². The minimum Gasteiger partial charge on any atom is -0.390 e. The standard InChI is InChI=1S/C32H36O2P2/c1-23-13-5-9-17-29(23)35(30-18-10-6-14-24(30)2)21-27(33)28(34)22-36(31-19-11-7-15-25(31)3)32-20-12-8-16-26(32)4/h5-20,27-28,33-34H,21-22H2,1-4H3. The first-order chi connectivity index (χ1) is 17.4. The fraction of sp³-hybridized carbons (Fsp3) is 0.250. The van der Waals surface area contributed by atoms with E-state index < -0.39 is 28.1 Å². The molecular formula is C32H36O2P2. The highest BCUT2D eigenvalue weighted by Crippen LogP contribution is 2.40. The normalized spacial score (nSPS) is 13.2. The van der Waals surface area contributed by atoms with Gasteiger partial charge < -0.3 is 10.2 Å². The number of aliphatic hydroxyl groups excluding tert-OH is 2. The van der Waals surface area contributed by atoms with Crippen LogP contribution in [0.4, 0.5) is 0 Å². The molecule has 0 spiro atoms. The molecule has 4 rings (SSSR count). The van der Waals surface area contributed by atoms with Gasteiger partial charge >= 0.3 is 0 Å². The Morgan fingerprint density at radius 1 is 0.444 bits per heavy atom. The third-order valence-electron chi connectivity index (χ3n) is 6.81. The van der Waals surface area contributed by atoms with E-state index in [0.717, 1.165) is 0 Å². The highest BCUT2D eigenvalue weighted by atomic mass is 31.1. The Kier molecular flexibility index (Phi) is 9.10. The lowest BCUT2D eigenvalue weighted by Gasteiger charge is -2.30. The highest BCUT2D eigenvalue weighted by Gasteiger charge is 2.29. The van der Waals surface area contributed by atoms with Gasteiger partial charge in [0.2, 0.25) is 0 Å². The first kappa shape index (κ1) is 26.7. The monoisotopic (exact) mass is 514 g/mol. The molecule has 2 atom stereocenters. The van der Waals surface area contributed by atoms with Crippen molar-refractivity contribution < 1.29 is 10.2 Å². The van der Waals surface area contributed by atoms with Crippen LogP contribution in [0.1, 0.15) is 22.3 Å². The molecular weight excluding hydrogens is 478 g/mol. The lowest BCUT2D eigenvalue weighted by molar-refractivity contribution is 0.0490. The zero-order valence-corrected chi connectivity index (χ0v) is 23.4. The largest absolute Gasteiger partial charge is 0.390 e. The average Bonchev–Trinajstić information content (AvgIpc) is 2.87. The van der Waals surface area contributed by atoms with Gasteiger partial charge in [-0.05, 0) is 87.0 Å². The number of rotatable bonds is 9. The van der Waals surface area contributed by atoms with Crippen molar-refractivity contribution in [1.82, 2.24) is 0 Å². The van der Waals surface area contributed by atoms with E-state index >= 15 is 0 Å². The topological polar surface area (TPSA) is 40.5 Å². The van der Waals surface area contributed by atoms with E-state index in [1.54, 1.807) is 0 Å². The van der Waals surface area contributed by atoms with Crippen molar-refractivity contribution in [3.63, 3.8) is 0 Å². The van der Waals surface area contributed by atoms with Crippen LogP contribution in [0.5, 0.6) is 0 Å². The molecule has 0 aliphatic heterocycles. The van der Waals surface area contributed by atoms with E-state index in [1.807, 2.05) is 0 Å². The lowest BCUT2D eigenvalue weighted by Crippen LogP contribution is -2.36. The Hall–Kier alpha value is -2.34. The van der Waals surface area contributed by atoms with Crippen molar-refractivity contribution in [2.75, 3.05) is 12.3 Å². The van der Waals surface area contributed by atoms with Gasteiger partial charge in [0.15, 0.2) is 0 Å². The molecule has 0 saturated carbocycles. The van der Waals surface area contributed by atoms with Crippen molar-refractivity contribution in [3.8, 4) is 0 Å². The summed E-state index contributed by atoms with van der Waals surface area (Å²) in [5, 5.41) is 28.0. The number of hydrogen-bond donors (Lipinski definition) is 2. The summed E-state index contributed by atoms with van der Waals surface area (Å²) in [5.74, 6) is 0. The first-order valence-corrected chi connectivity index (χ1v) is 15.6. The molecule has 0 heterocycles. The number of aliphatic hydroxyl groups is 2. The van der Waals surface area contributed by atoms with Crippen LogP contribution in [-0.4, -0.2) is 34.7 Å². The molecule has 2 N–H and O–H groups in total. The van der Waals surface area contributed by atoms with E-state index in [4.69, 9.17) is 0 Å². The van der Waals surface area contributed by atoms with Crippen molar-refractivity contribution in [2.45, 2.75) is 39.9 Å². The number of benzene rings is 4. The maximum absolute atomic E-state index is 11.5. The SMILES string of the molecule is Cc1ccccc1P(CC(O)C(O)CP(c1ccccc1C)c1ccccc1C)c1ccccc1C. The smallest absolute Gasteiger partial charge is 0.0847 e. The fourth-order valence-corrected chi connectivity index (χ4v) is 10.3. The van der Waals surface area contributed by atoms with Crippen molar-refractivity contribution in [1.29, 1.82) is 0 Å². The molecule has 4 heteroatoms. The van der Waals surface area contributed by atoms with Gasteiger partial charge in [0.25, 0.3) is 0 Å². The van der Waals surface area contributed by atoms with E-state index in [-0.39, 0.29) is 0 Å². The highest BCUT2D eigenvalue weighted by molar-refractivity contribution is 7.73. The van der Waals surface area contributed by atoms with E-state index in [1.165, 1.54) is 43.5 Å². The van der Waals surface area contributed by atoms with E-state index in [2.05, 4.69) is 125 Å². The molecule has 4 aromatic carbocycles. The summed E-state index contributed by atoms with van der Waals surface area (Å²) >= 11 is 0. The molecule has 0 fully saturated rings. The first-order valence-electron chi connectivity index (χ1n) is 12.5. The molecule has 4 aromatic rings. The minimum absolute atomic E-state index is 0.539. The molecule has 0 saturated heterocycles. The molecule has 186 valence electrons. The summed E-state index contributed by atoms with van der Waals surface area (Å²) in [4.78, 5) is 0. The molecule has 2 nitrogen and oxygen atoms in total. The van der Waals surface area contributed by atoms with Crippen LogP contribution >= 0.6 is 15.8 Å². The van der Waals surface area contributed by atoms with Crippen LogP contribution in [0.2, 0.25) is 0 Å². The van der Waals surface area contributed by atoms with Gasteiger partial charge in [-0.3, -0.25) is 0 Å². The summed E-state index contributed by atoms with van der Waals surface area (Å²) in [5.41, 5.74) is 4.93.